The zero-order valence-corrected chi connectivity index (χ0v) is 15.3. The van der Waals surface area contributed by atoms with Crippen molar-refractivity contribution in [3.63, 3.8) is 0 Å². The van der Waals surface area contributed by atoms with Crippen LogP contribution in [0.3, 0.4) is 0 Å². The Morgan fingerprint density at radius 1 is 1.23 bits per heavy atom. The van der Waals surface area contributed by atoms with Gasteiger partial charge in [0.1, 0.15) is 12.3 Å². The molecule has 136 valence electrons. The molecule has 26 heavy (non-hydrogen) atoms. The second-order valence-corrected chi connectivity index (χ2v) is 7.43. The standard InChI is InChI=1S/C18H19N3O4S/c1-25-17-9-4-3-7-15(17)12-20-18(22)13-21(26(2,23)24)16-8-5-6-14(10-16)11-19/h3-10H,12-13H2,1-2H3,(H,20,22). The quantitative estimate of drug-likeness (QED) is 0.795. The minimum atomic E-state index is -3.70. The van der Waals surface area contributed by atoms with E-state index in [1.165, 1.54) is 19.2 Å². The lowest BCUT2D eigenvalue weighted by molar-refractivity contribution is -0.119. The maximum absolute atomic E-state index is 12.3. The summed E-state index contributed by atoms with van der Waals surface area (Å²) in [5, 5.41) is 11.7. The van der Waals surface area contributed by atoms with Gasteiger partial charge in [0.05, 0.1) is 30.7 Å². The van der Waals surface area contributed by atoms with Crippen molar-refractivity contribution in [3.8, 4) is 11.8 Å². The average Bonchev–Trinajstić information content (AvgIpc) is 2.63. The molecule has 0 unspecified atom stereocenters. The largest absolute Gasteiger partial charge is 0.496 e. The Hall–Kier alpha value is -3.05. The zero-order chi connectivity index (χ0) is 19.2. The summed E-state index contributed by atoms with van der Waals surface area (Å²) < 4.78 is 30.4. The van der Waals surface area contributed by atoms with Gasteiger partial charge in [-0.15, -0.1) is 0 Å². The fourth-order valence-corrected chi connectivity index (χ4v) is 3.21. The fourth-order valence-electron chi connectivity index (χ4n) is 2.36. The monoisotopic (exact) mass is 373 g/mol. The minimum Gasteiger partial charge on any atom is -0.496 e. The Kier molecular flexibility index (Phi) is 6.20. The summed E-state index contributed by atoms with van der Waals surface area (Å²) in [6.45, 7) is -0.179. The molecule has 2 aromatic carbocycles. The summed E-state index contributed by atoms with van der Waals surface area (Å²) >= 11 is 0. The second-order valence-electron chi connectivity index (χ2n) is 5.52. The van der Waals surface area contributed by atoms with Crippen LogP contribution in [0.5, 0.6) is 5.75 Å². The number of anilines is 1. The van der Waals surface area contributed by atoms with E-state index in [9.17, 15) is 13.2 Å². The number of nitrogens with one attached hydrogen (secondary N) is 1. The molecule has 0 saturated carbocycles. The number of hydrogen-bond acceptors (Lipinski definition) is 5. The summed E-state index contributed by atoms with van der Waals surface area (Å²) in [7, 11) is -2.16. The van der Waals surface area contributed by atoms with Crippen molar-refractivity contribution >= 4 is 21.6 Å². The van der Waals surface area contributed by atoms with Gasteiger partial charge in [-0.1, -0.05) is 24.3 Å². The predicted octanol–water partition coefficient (Wildman–Crippen LogP) is 1.65. The summed E-state index contributed by atoms with van der Waals surface area (Å²) in [5.41, 5.74) is 1.35. The molecular formula is C18H19N3O4S. The van der Waals surface area contributed by atoms with Gasteiger partial charge in [-0.25, -0.2) is 8.42 Å². The average molecular weight is 373 g/mol. The van der Waals surface area contributed by atoms with Crippen molar-refractivity contribution in [2.75, 3.05) is 24.2 Å². The minimum absolute atomic E-state index is 0.207. The van der Waals surface area contributed by atoms with E-state index in [1.54, 1.807) is 18.2 Å². The van der Waals surface area contributed by atoms with Crippen molar-refractivity contribution in [2.24, 2.45) is 0 Å². The van der Waals surface area contributed by atoms with E-state index in [0.717, 1.165) is 16.1 Å². The van der Waals surface area contributed by atoms with Gasteiger partial charge >= 0.3 is 0 Å². The van der Waals surface area contributed by atoms with Crippen LogP contribution in [0.1, 0.15) is 11.1 Å². The summed E-state index contributed by atoms with van der Waals surface area (Å²) in [4.78, 5) is 12.3. The van der Waals surface area contributed by atoms with Crippen molar-refractivity contribution < 1.29 is 17.9 Å². The fraction of sp³-hybridized carbons (Fsp3) is 0.222. The highest BCUT2D eigenvalue weighted by atomic mass is 32.2. The molecule has 0 aliphatic carbocycles. The van der Waals surface area contributed by atoms with Crippen LogP contribution in [0.25, 0.3) is 0 Å². The molecule has 8 heteroatoms. The number of methoxy groups -OCH3 is 1. The predicted molar refractivity (Wildman–Crippen MR) is 98.2 cm³/mol. The highest BCUT2D eigenvalue weighted by molar-refractivity contribution is 7.92. The molecule has 0 saturated heterocycles. The number of para-hydroxylation sites is 1. The highest BCUT2D eigenvalue weighted by Crippen LogP contribution is 2.19. The van der Waals surface area contributed by atoms with Crippen LogP contribution in [0.4, 0.5) is 5.69 Å². The molecule has 0 spiro atoms. The number of ether oxygens (including phenoxy) is 1. The maximum Gasteiger partial charge on any atom is 0.241 e. The van der Waals surface area contributed by atoms with E-state index in [4.69, 9.17) is 10.00 Å². The molecule has 0 atom stereocenters. The van der Waals surface area contributed by atoms with E-state index in [2.05, 4.69) is 5.32 Å². The maximum atomic E-state index is 12.3. The number of carbonyl (C=O) groups is 1. The molecule has 2 rings (SSSR count). The first kappa shape index (κ1) is 19.3. The van der Waals surface area contributed by atoms with Crippen LogP contribution in [0.15, 0.2) is 48.5 Å². The van der Waals surface area contributed by atoms with E-state index < -0.39 is 15.9 Å². The Bertz CT molecular complexity index is 935. The van der Waals surface area contributed by atoms with Gasteiger partial charge in [0.15, 0.2) is 0 Å². The lowest BCUT2D eigenvalue weighted by Gasteiger charge is -2.22. The molecular weight excluding hydrogens is 354 g/mol. The smallest absolute Gasteiger partial charge is 0.241 e. The first-order chi connectivity index (χ1) is 12.3. The van der Waals surface area contributed by atoms with Crippen molar-refractivity contribution in [2.45, 2.75) is 6.54 Å². The van der Waals surface area contributed by atoms with E-state index in [0.29, 0.717) is 11.3 Å². The lowest BCUT2D eigenvalue weighted by Crippen LogP contribution is -2.40. The normalized spacial score (nSPS) is 10.7. The Balaban J connectivity index is 2.13. The highest BCUT2D eigenvalue weighted by Gasteiger charge is 2.21. The van der Waals surface area contributed by atoms with Crippen molar-refractivity contribution in [1.82, 2.24) is 5.32 Å². The SMILES string of the molecule is COc1ccccc1CNC(=O)CN(c1cccc(C#N)c1)S(C)(=O)=O. The van der Waals surface area contributed by atoms with Gasteiger partial charge in [-0.2, -0.15) is 5.26 Å². The third-order valence-corrected chi connectivity index (χ3v) is 4.76. The molecule has 0 aliphatic rings. The number of benzene rings is 2. The molecule has 0 bridgehead atoms. The third-order valence-electron chi connectivity index (χ3n) is 3.62. The summed E-state index contributed by atoms with van der Waals surface area (Å²) in [6, 6.07) is 15.3. The Morgan fingerprint density at radius 3 is 2.62 bits per heavy atom. The molecule has 0 heterocycles. The van der Waals surface area contributed by atoms with Crippen LogP contribution in [0, 0.1) is 11.3 Å². The van der Waals surface area contributed by atoms with Crippen LogP contribution in [0.2, 0.25) is 0 Å². The molecule has 1 amide bonds. The van der Waals surface area contributed by atoms with Crippen molar-refractivity contribution in [3.05, 3.63) is 59.7 Å². The molecule has 0 aliphatic heterocycles. The number of sulfonamides is 1. The van der Waals surface area contributed by atoms with Crippen LogP contribution in [-0.2, 0) is 21.4 Å². The van der Waals surface area contributed by atoms with Gasteiger partial charge in [0.25, 0.3) is 0 Å². The zero-order valence-electron chi connectivity index (χ0n) is 14.5. The molecule has 0 aromatic heterocycles. The first-order valence-corrected chi connectivity index (χ1v) is 9.56. The van der Waals surface area contributed by atoms with Crippen molar-refractivity contribution in [1.29, 1.82) is 5.26 Å². The third kappa shape index (κ3) is 4.97. The Labute approximate surface area is 152 Å². The number of carbonyl (C=O) groups excluding carboxylic acids is 1. The van der Waals surface area contributed by atoms with Gasteiger partial charge in [-0.05, 0) is 24.3 Å². The topological polar surface area (TPSA) is 99.5 Å². The van der Waals surface area contributed by atoms with Gasteiger partial charge in [0.2, 0.25) is 15.9 Å². The molecule has 7 nitrogen and oxygen atoms in total. The molecule has 0 radical (unpaired) electrons. The van der Waals surface area contributed by atoms with Gasteiger partial charge in [0, 0.05) is 12.1 Å². The number of nitrogens with zero attached hydrogens (tertiary/aromatic N) is 2. The lowest BCUT2D eigenvalue weighted by atomic mass is 10.2. The van der Waals surface area contributed by atoms with E-state index in [-0.39, 0.29) is 18.8 Å². The number of amides is 1. The summed E-state index contributed by atoms with van der Waals surface area (Å²) in [5.74, 6) is 0.165. The number of nitriles is 1. The number of rotatable bonds is 7. The summed E-state index contributed by atoms with van der Waals surface area (Å²) in [6.07, 6.45) is 1.01. The number of hydrogen-bond donors (Lipinski definition) is 1. The first-order valence-electron chi connectivity index (χ1n) is 7.71. The molecule has 0 fully saturated rings. The van der Waals surface area contributed by atoms with E-state index >= 15 is 0 Å². The van der Waals surface area contributed by atoms with E-state index in [1.807, 2.05) is 24.3 Å². The Morgan fingerprint density at radius 2 is 1.96 bits per heavy atom. The van der Waals surface area contributed by atoms with Crippen LogP contribution < -0.4 is 14.4 Å². The van der Waals surface area contributed by atoms with Gasteiger partial charge in [-0.3, -0.25) is 9.10 Å². The van der Waals surface area contributed by atoms with Gasteiger partial charge < -0.3 is 10.1 Å². The molecule has 1 N–H and O–H groups in total. The van der Waals surface area contributed by atoms with Crippen LogP contribution in [-0.4, -0.2) is 34.2 Å². The van der Waals surface area contributed by atoms with Crippen LogP contribution >= 0.6 is 0 Å². The second kappa shape index (κ2) is 8.36. The molecule has 2 aromatic rings.